The molecule has 6 nitrogen and oxygen atoms in total. The molecule has 0 N–H and O–H groups in total. The van der Waals surface area contributed by atoms with Gasteiger partial charge in [0, 0.05) is 76.7 Å². The van der Waals surface area contributed by atoms with Crippen LogP contribution in [0.25, 0.3) is 146 Å². The number of nitriles is 1. The topological polar surface area (TPSA) is 64.0 Å². The van der Waals surface area contributed by atoms with E-state index in [1.807, 2.05) is 73.1 Å². The molecule has 0 aliphatic heterocycles. The highest BCUT2D eigenvalue weighted by molar-refractivity contribution is 7.26. The smallest absolute Gasteiger partial charge is 0.220 e. The highest BCUT2D eigenvalue weighted by Crippen LogP contribution is 2.55. The van der Waals surface area contributed by atoms with Crippen molar-refractivity contribution in [2.45, 2.75) is 0 Å². The summed E-state index contributed by atoms with van der Waals surface area (Å²) < 4.78 is 14.0. The van der Waals surface area contributed by atoms with Gasteiger partial charge in [-0.1, -0.05) is 140 Å². The standard InChI is InChI=1S/C61H31N5OS/c1-63-55-51(34-14-4-2-5-15-34)45(32-62)56(52(35-16-6-3-7-17-35)59(55)65-47-22-12-20-39-36-30-31-64-33-46(36)40-21-13-23-48(65)54(40)53(39)47)66-57-41(26-28-43-37-18-8-10-24-49(37)67-60(43)57)42-27-29-44-38-19-9-11-25-50(38)68-61(44)58(42)66/h2-31,33H. The molecule has 68 heavy (non-hydrogen) atoms. The van der Waals surface area contributed by atoms with Gasteiger partial charge in [-0.25, -0.2) is 4.85 Å². The van der Waals surface area contributed by atoms with Gasteiger partial charge in [-0.2, -0.15) is 5.26 Å². The van der Waals surface area contributed by atoms with Crippen molar-refractivity contribution in [3.63, 3.8) is 0 Å². The fourth-order valence-corrected chi connectivity index (χ4v) is 12.8. The molecule has 0 bridgehead atoms. The molecule has 0 aliphatic carbocycles. The summed E-state index contributed by atoms with van der Waals surface area (Å²) in [5.41, 5.74) is 10.5. The second kappa shape index (κ2) is 13.6. The molecule has 0 saturated carbocycles. The summed E-state index contributed by atoms with van der Waals surface area (Å²) in [6.45, 7) is 9.35. The minimum atomic E-state index is 0.394. The molecule has 10 aromatic carbocycles. The van der Waals surface area contributed by atoms with Gasteiger partial charge in [-0.3, -0.25) is 4.98 Å². The molecule has 15 aromatic rings. The van der Waals surface area contributed by atoms with Crippen LogP contribution in [0.4, 0.5) is 5.69 Å². The molecule has 0 fully saturated rings. The van der Waals surface area contributed by atoms with Crippen molar-refractivity contribution in [1.29, 1.82) is 5.26 Å². The van der Waals surface area contributed by atoms with Crippen LogP contribution in [0.1, 0.15) is 5.56 Å². The quantitative estimate of drug-likeness (QED) is 0.131. The predicted molar refractivity (Wildman–Crippen MR) is 281 cm³/mol. The third-order valence-corrected chi connectivity index (χ3v) is 15.4. The van der Waals surface area contributed by atoms with E-state index in [0.29, 0.717) is 28.2 Å². The van der Waals surface area contributed by atoms with Crippen molar-refractivity contribution < 1.29 is 4.42 Å². The molecule has 0 aliphatic rings. The summed E-state index contributed by atoms with van der Waals surface area (Å²) >= 11 is 1.77. The summed E-state index contributed by atoms with van der Waals surface area (Å²) in [6, 6.07) is 63.9. The molecule has 312 valence electrons. The molecule has 0 atom stereocenters. The zero-order valence-electron chi connectivity index (χ0n) is 36.0. The molecule has 0 amide bonds. The molecule has 0 spiro atoms. The molecule has 5 aromatic heterocycles. The fourth-order valence-electron chi connectivity index (χ4n) is 11.5. The highest BCUT2D eigenvalue weighted by Gasteiger charge is 2.34. The average Bonchev–Trinajstić information content (AvgIpc) is 4.16. The van der Waals surface area contributed by atoms with Crippen molar-refractivity contribution in [1.82, 2.24) is 14.1 Å². The first kappa shape index (κ1) is 37.0. The summed E-state index contributed by atoms with van der Waals surface area (Å²) in [5, 5.41) is 25.1. The Labute approximate surface area is 391 Å². The maximum Gasteiger partial charge on any atom is 0.220 e. The van der Waals surface area contributed by atoms with Crippen LogP contribution >= 0.6 is 11.3 Å². The maximum atomic E-state index is 12.1. The number of thiophene rings is 1. The monoisotopic (exact) mass is 881 g/mol. The van der Waals surface area contributed by atoms with Crippen LogP contribution in [0.3, 0.4) is 0 Å². The van der Waals surface area contributed by atoms with Crippen LogP contribution in [0.5, 0.6) is 0 Å². The maximum absolute atomic E-state index is 12.1. The molecule has 5 heterocycles. The molecule has 15 rings (SSSR count). The lowest BCUT2D eigenvalue weighted by Crippen LogP contribution is -2.09. The molecule has 0 unspecified atom stereocenters. The van der Waals surface area contributed by atoms with E-state index in [1.165, 1.54) is 10.1 Å². The van der Waals surface area contributed by atoms with Gasteiger partial charge in [0.15, 0.2) is 5.58 Å². The lowest BCUT2D eigenvalue weighted by molar-refractivity contribution is 0.671. The van der Waals surface area contributed by atoms with Gasteiger partial charge >= 0.3 is 0 Å². The summed E-state index contributed by atoms with van der Waals surface area (Å²) in [5.74, 6) is 0. The second-order valence-corrected chi connectivity index (χ2v) is 18.5. The third-order valence-electron chi connectivity index (χ3n) is 14.2. The molecular formula is C61H31N5OS. The first-order valence-corrected chi connectivity index (χ1v) is 23.4. The van der Waals surface area contributed by atoms with Gasteiger partial charge < -0.3 is 13.6 Å². The highest BCUT2D eigenvalue weighted by atomic mass is 32.1. The Bertz CT molecular complexity index is 4540. The number of fused-ring (bicyclic) bond motifs is 14. The van der Waals surface area contributed by atoms with E-state index in [-0.39, 0.29) is 0 Å². The first-order valence-electron chi connectivity index (χ1n) is 22.5. The van der Waals surface area contributed by atoms with Crippen molar-refractivity contribution in [3.8, 4) is 39.7 Å². The van der Waals surface area contributed by atoms with Crippen LogP contribution in [0.2, 0.25) is 0 Å². The van der Waals surface area contributed by atoms with E-state index in [9.17, 15) is 11.8 Å². The van der Waals surface area contributed by atoms with Crippen molar-refractivity contribution in [3.05, 3.63) is 205 Å². The van der Waals surface area contributed by atoms with E-state index in [0.717, 1.165) is 114 Å². The van der Waals surface area contributed by atoms with Gasteiger partial charge in [0.1, 0.15) is 11.7 Å². The molecular weight excluding hydrogens is 851 g/mol. The van der Waals surface area contributed by atoms with Gasteiger partial charge in [0.2, 0.25) is 5.69 Å². The Hall–Kier alpha value is -9.27. The third kappa shape index (κ3) is 4.69. The lowest BCUT2D eigenvalue weighted by Gasteiger charge is -2.25. The SMILES string of the molecule is [C-]#[N+]c1c(-c2ccccc2)c(C#N)c(-n2c3c(ccc4c5ccccc5oc43)c3ccc4c5ccccc5sc4c32)c(-c2ccccc2)c1-n1c2cccc3c4ccncc4c4cccc1c4c32. The fraction of sp³-hybridized carbons (Fsp3) is 0. The Morgan fingerprint density at radius 3 is 1.87 bits per heavy atom. The van der Waals surface area contributed by atoms with Gasteiger partial charge in [0.05, 0.1) is 50.3 Å². The number of rotatable bonds is 4. The van der Waals surface area contributed by atoms with Gasteiger partial charge in [0.25, 0.3) is 0 Å². The van der Waals surface area contributed by atoms with E-state index in [4.69, 9.17) is 4.42 Å². The van der Waals surface area contributed by atoms with Crippen molar-refractivity contribution in [2.24, 2.45) is 0 Å². The van der Waals surface area contributed by atoms with E-state index >= 15 is 0 Å². The summed E-state index contributed by atoms with van der Waals surface area (Å²) in [6.07, 6.45) is 3.83. The van der Waals surface area contributed by atoms with Crippen LogP contribution < -0.4 is 0 Å². The first-order chi connectivity index (χ1) is 33.7. The number of para-hydroxylation sites is 1. The van der Waals surface area contributed by atoms with E-state index < -0.39 is 0 Å². The zero-order chi connectivity index (χ0) is 44.8. The second-order valence-electron chi connectivity index (χ2n) is 17.5. The predicted octanol–water partition coefficient (Wildman–Crippen LogP) is 17.0. The van der Waals surface area contributed by atoms with Crippen molar-refractivity contribution >= 4 is 124 Å². The van der Waals surface area contributed by atoms with Crippen LogP contribution in [0, 0.1) is 17.9 Å². The lowest BCUT2D eigenvalue weighted by atomic mass is 9.88. The minimum absolute atomic E-state index is 0.394. The number of nitrogens with zero attached hydrogens (tertiary/aromatic N) is 5. The Morgan fingerprint density at radius 2 is 1.13 bits per heavy atom. The summed E-state index contributed by atoms with van der Waals surface area (Å²) in [4.78, 5) is 9.16. The number of pyridine rings is 1. The number of hydrogen-bond donors (Lipinski definition) is 0. The Morgan fingerprint density at radius 1 is 0.515 bits per heavy atom. The largest absolute Gasteiger partial charge is 0.454 e. The normalized spacial score (nSPS) is 12.1. The van der Waals surface area contributed by atoms with E-state index in [1.54, 1.807) is 11.3 Å². The Balaban J connectivity index is 1.26. The van der Waals surface area contributed by atoms with Gasteiger partial charge in [-0.15, -0.1) is 11.3 Å². The summed E-state index contributed by atoms with van der Waals surface area (Å²) in [7, 11) is 0. The molecule has 7 heteroatoms. The number of hydrogen-bond acceptors (Lipinski definition) is 4. The minimum Gasteiger partial charge on any atom is -0.454 e. The average molecular weight is 882 g/mol. The zero-order valence-corrected chi connectivity index (χ0v) is 36.8. The van der Waals surface area contributed by atoms with E-state index in [2.05, 4.69) is 140 Å². The number of aromatic nitrogens is 3. The van der Waals surface area contributed by atoms with Crippen LogP contribution in [-0.4, -0.2) is 14.1 Å². The number of benzene rings is 10. The Kier molecular flexibility index (Phi) is 7.42. The van der Waals surface area contributed by atoms with Crippen LogP contribution in [0.15, 0.2) is 193 Å². The number of furan rings is 1. The van der Waals surface area contributed by atoms with Crippen molar-refractivity contribution in [2.75, 3.05) is 0 Å². The van der Waals surface area contributed by atoms with Crippen LogP contribution in [-0.2, 0) is 0 Å². The molecule has 0 radical (unpaired) electrons. The molecule has 0 saturated heterocycles. The van der Waals surface area contributed by atoms with Gasteiger partial charge in [-0.05, 0) is 63.7 Å².